The van der Waals surface area contributed by atoms with E-state index < -0.39 is 21.3 Å². The fourth-order valence-electron chi connectivity index (χ4n) is 4.58. The summed E-state index contributed by atoms with van der Waals surface area (Å²) in [5.74, 6) is -0.567. The molecule has 1 atom stereocenters. The van der Waals surface area contributed by atoms with Gasteiger partial charge in [0.05, 0.1) is 23.1 Å². The highest BCUT2D eigenvalue weighted by atomic mass is 32.2. The van der Waals surface area contributed by atoms with Crippen molar-refractivity contribution in [3.05, 3.63) is 119 Å². The molecule has 0 fully saturated rings. The summed E-state index contributed by atoms with van der Waals surface area (Å²) in [5.41, 5.74) is 2.31. The van der Waals surface area contributed by atoms with E-state index in [1.54, 1.807) is 60.7 Å². The lowest BCUT2D eigenvalue weighted by Crippen LogP contribution is -2.41. The van der Waals surface area contributed by atoms with Gasteiger partial charge in [0.25, 0.3) is 0 Å². The van der Waals surface area contributed by atoms with Crippen molar-refractivity contribution in [2.24, 2.45) is 0 Å². The molecule has 1 spiro atoms. The Hall–Kier alpha value is -3.51. The van der Waals surface area contributed by atoms with E-state index in [1.165, 1.54) is 22.5 Å². The van der Waals surface area contributed by atoms with Gasteiger partial charge in [-0.1, -0.05) is 54.6 Å². The van der Waals surface area contributed by atoms with Crippen molar-refractivity contribution in [1.82, 2.24) is 0 Å². The van der Waals surface area contributed by atoms with Gasteiger partial charge >= 0.3 is 0 Å². The molecular weight excluding hydrogens is 413 g/mol. The molecular formula is C25H18FNO3S. The lowest BCUT2D eigenvalue weighted by Gasteiger charge is -2.39. The molecule has 0 unspecified atom stereocenters. The molecule has 0 saturated carbocycles. The molecule has 3 aromatic rings. The second-order valence-corrected chi connectivity index (χ2v) is 9.51. The maximum absolute atomic E-state index is 14.1. The molecule has 5 rings (SSSR count). The second kappa shape index (κ2) is 6.75. The third-order valence-electron chi connectivity index (χ3n) is 5.78. The minimum atomic E-state index is -3.77. The first kappa shape index (κ1) is 19.5. The topological polar surface area (TPSA) is 54.5 Å². The van der Waals surface area contributed by atoms with Gasteiger partial charge in [0.1, 0.15) is 5.82 Å². The Morgan fingerprint density at radius 3 is 2.35 bits per heavy atom. The normalized spacial score (nSPS) is 19.2. The number of anilines is 1. The number of carbonyl (C=O) groups is 1. The van der Waals surface area contributed by atoms with E-state index in [4.69, 9.17) is 0 Å². The number of fused-ring (bicyclic) bond motifs is 4. The molecule has 2 aliphatic carbocycles. The molecule has 2 aliphatic rings. The molecule has 3 aromatic carbocycles. The summed E-state index contributed by atoms with van der Waals surface area (Å²) in [5, 5.41) is 0. The molecule has 0 aromatic heterocycles. The quantitative estimate of drug-likeness (QED) is 0.605. The van der Waals surface area contributed by atoms with Gasteiger partial charge in [0.2, 0.25) is 10.0 Å². The maximum Gasteiger partial charge on any atom is 0.236 e. The number of rotatable bonds is 3. The van der Waals surface area contributed by atoms with Gasteiger partial charge in [-0.05, 0) is 53.1 Å². The molecule has 0 saturated heterocycles. The summed E-state index contributed by atoms with van der Waals surface area (Å²) >= 11 is 0. The predicted molar refractivity (Wildman–Crippen MR) is 119 cm³/mol. The number of para-hydroxylation sites is 1. The number of halogens is 1. The van der Waals surface area contributed by atoms with Gasteiger partial charge in [0, 0.05) is 5.56 Å². The molecule has 31 heavy (non-hydrogen) atoms. The van der Waals surface area contributed by atoms with Crippen molar-refractivity contribution in [2.75, 3.05) is 10.6 Å². The molecule has 4 nitrogen and oxygen atoms in total. The van der Waals surface area contributed by atoms with Crippen LogP contribution in [0.1, 0.15) is 27.0 Å². The summed E-state index contributed by atoms with van der Waals surface area (Å²) in [4.78, 5) is 12.6. The molecule has 0 heterocycles. The first-order valence-electron chi connectivity index (χ1n) is 9.73. The zero-order chi connectivity index (χ0) is 21.8. The predicted octanol–water partition coefficient (Wildman–Crippen LogP) is 4.69. The van der Waals surface area contributed by atoms with Crippen molar-refractivity contribution in [3.8, 4) is 0 Å². The van der Waals surface area contributed by atoms with E-state index in [0.29, 0.717) is 28.1 Å². The van der Waals surface area contributed by atoms with Crippen molar-refractivity contribution < 1.29 is 17.6 Å². The highest BCUT2D eigenvalue weighted by Gasteiger charge is 2.49. The van der Waals surface area contributed by atoms with Gasteiger partial charge in [-0.25, -0.2) is 17.1 Å². The molecule has 0 amide bonds. The largest absolute Gasteiger partial charge is 0.289 e. The number of allylic oxidation sites excluding steroid dienone is 2. The van der Waals surface area contributed by atoms with Crippen molar-refractivity contribution in [2.45, 2.75) is 5.41 Å². The summed E-state index contributed by atoms with van der Waals surface area (Å²) < 4.78 is 41.5. The number of hydrogen-bond donors (Lipinski definition) is 0. The summed E-state index contributed by atoms with van der Waals surface area (Å²) in [7, 11) is -3.77. The smallest absolute Gasteiger partial charge is 0.236 e. The van der Waals surface area contributed by atoms with Crippen LogP contribution in [0.15, 0.2) is 90.6 Å². The summed E-state index contributed by atoms with van der Waals surface area (Å²) in [6.45, 7) is 0. The van der Waals surface area contributed by atoms with Crippen LogP contribution in [0.25, 0.3) is 6.08 Å². The Labute approximate surface area is 180 Å². The minimum absolute atomic E-state index is 0.151. The van der Waals surface area contributed by atoms with Gasteiger partial charge in [-0.3, -0.25) is 4.79 Å². The Kier molecular flexibility index (Phi) is 4.24. The SMILES string of the molecule is CS(=O)(=O)N(C1=Cc2cc(F)ccc2[C@]12C=CC(=O)c1ccccc12)c1ccccc1. The van der Waals surface area contributed by atoms with E-state index in [2.05, 4.69) is 0 Å². The zero-order valence-electron chi connectivity index (χ0n) is 16.6. The minimum Gasteiger partial charge on any atom is -0.289 e. The monoisotopic (exact) mass is 431 g/mol. The van der Waals surface area contributed by atoms with Crippen LogP contribution < -0.4 is 4.31 Å². The van der Waals surface area contributed by atoms with Crippen LogP contribution in [0.2, 0.25) is 0 Å². The zero-order valence-corrected chi connectivity index (χ0v) is 17.4. The van der Waals surface area contributed by atoms with Crippen LogP contribution >= 0.6 is 0 Å². The summed E-state index contributed by atoms with van der Waals surface area (Å²) in [6, 6.07) is 20.3. The Morgan fingerprint density at radius 2 is 1.61 bits per heavy atom. The second-order valence-electron chi connectivity index (χ2n) is 7.68. The molecule has 0 radical (unpaired) electrons. The first-order valence-corrected chi connectivity index (χ1v) is 11.6. The maximum atomic E-state index is 14.1. The molecule has 154 valence electrons. The van der Waals surface area contributed by atoms with E-state index in [0.717, 1.165) is 11.8 Å². The fourth-order valence-corrected chi connectivity index (χ4v) is 5.64. The van der Waals surface area contributed by atoms with Crippen LogP contribution in [0, 0.1) is 5.82 Å². The van der Waals surface area contributed by atoms with Crippen LogP contribution in [0.4, 0.5) is 10.1 Å². The lowest BCUT2D eigenvalue weighted by molar-refractivity contribution is 0.104. The van der Waals surface area contributed by atoms with Crippen molar-refractivity contribution in [3.63, 3.8) is 0 Å². The Balaban J connectivity index is 1.88. The highest BCUT2D eigenvalue weighted by Crippen LogP contribution is 2.53. The molecule has 0 N–H and O–H groups in total. The Morgan fingerprint density at radius 1 is 0.903 bits per heavy atom. The first-order chi connectivity index (χ1) is 14.8. The fraction of sp³-hybridized carbons (Fsp3) is 0.0800. The Bertz CT molecular complexity index is 1390. The van der Waals surface area contributed by atoms with Crippen LogP contribution in [-0.4, -0.2) is 20.5 Å². The standard InChI is InChI=1S/C25H18FNO3S/c1-31(29,30)27(19-7-3-2-4-8-19)24-16-17-15-18(26)11-12-21(17)25(24)14-13-23(28)20-9-5-6-10-22(20)25/h2-16H,1H3/t25-/m0/s1. The average molecular weight is 431 g/mol. The van der Waals surface area contributed by atoms with Crippen molar-refractivity contribution in [1.29, 1.82) is 0 Å². The highest BCUT2D eigenvalue weighted by molar-refractivity contribution is 7.92. The molecule has 0 bridgehead atoms. The number of ketones is 1. The number of sulfonamides is 1. The van der Waals surface area contributed by atoms with Crippen LogP contribution in [-0.2, 0) is 15.4 Å². The summed E-state index contributed by atoms with van der Waals surface area (Å²) in [6.07, 6.45) is 6.04. The number of carbonyl (C=O) groups excluding carboxylic acids is 1. The van der Waals surface area contributed by atoms with E-state index in [1.807, 2.05) is 12.1 Å². The third-order valence-corrected chi connectivity index (χ3v) is 6.85. The van der Waals surface area contributed by atoms with Crippen molar-refractivity contribution >= 4 is 27.6 Å². The lowest BCUT2D eigenvalue weighted by atomic mass is 9.69. The number of benzene rings is 3. The molecule has 0 aliphatic heterocycles. The number of hydrogen-bond acceptors (Lipinski definition) is 3. The van der Waals surface area contributed by atoms with Gasteiger partial charge in [-0.15, -0.1) is 0 Å². The number of nitrogens with zero attached hydrogens (tertiary/aromatic N) is 1. The van der Waals surface area contributed by atoms with Crippen LogP contribution in [0.5, 0.6) is 0 Å². The van der Waals surface area contributed by atoms with E-state index in [9.17, 15) is 17.6 Å². The van der Waals surface area contributed by atoms with Gasteiger partial charge < -0.3 is 0 Å². The van der Waals surface area contributed by atoms with Crippen LogP contribution in [0.3, 0.4) is 0 Å². The molecule has 6 heteroatoms. The van der Waals surface area contributed by atoms with Gasteiger partial charge in [0.15, 0.2) is 5.78 Å². The van der Waals surface area contributed by atoms with E-state index in [-0.39, 0.29) is 5.78 Å². The van der Waals surface area contributed by atoms with E-state index >= 15 is 0 Å². The average Bonchev–Trinajstić information content (AvgIpc) is 3.04. The van der Waals surface area contributed by atoms with Gasteiger partial charge in [-0.2, -0.15) is 0 Å². The third kappa shape index (κ3) is 2.86.